The molecular formula is C29H32N4O5. The van der Waals surface area contributed by atoms with E-state index in [2.05, 4.69) is 4.99 Å². The highest BCUT2D eigenvalue weighted by Gasteiger charge is 2.21. The van der Waals surface area contributed by atoms with Gasteiger partial charge in [0.1, 0.15) is 16.9 Å². The molecule has 9 nitrogen and oxygen atoms in total. The van der Waals surface area contributed by atoms with Crippen molar-refractivity contribution in [1.29, 1.82) is 0 Å². The number of hydrogen-bond donors (Lipinski definition) is 0. The first-order valence-electron chi connectivity index (χ1n) is 12.7. The van der Waals surface area contributed by atoms with Crippen LogP contribution in [0.1, 0.15) is 57.7 Å². The zero-order valence-electron chi connectivity index (χ0n) is 22.4. The van der Waals surface area contributed by atoms with Crippen LogP contribution in [0.5, 0.6) is 0 Å². The van der Waals surface area contributed by atoms with E-state index >= 15 is 0 Å². The Morgan fingerprint density at radius 3 is 2.42 bits per heavy atom. The number of aromatic nitrogens is 3. The van der Waals surface area contributed by atoms with E-state index in [0.717, 1.165) is 16.7 Å². The number of aryl methyl sites for hydroxylation is 4. The van der Waals surface area contributed by atoms with E-state index in [1.807, 2.05) is 39.8 Å². The number of pyridine rings is 2. The monoisotopic (exact) mass is 516 g/mol. The highest BCUT2D eigenvalue weighted by molar-refractivity contribution is 5.97. The Labute approximate surface area is 220 Å². The Balaban J connectivity index is 2.09. The first-order valence-corrected chi connectivity index (χ1v) is 12.7. The molecule has 4 aromatic rings. The summed E-state index contributed by atoms with van der Waals surface area (Å²) < 4.78 is 13.9. The summed E-state index contributed by atoms with van der Waals surface area (Å²) in [5, 5.41) is 0.227. The molecule has 0 saturated carbocycles. The van der Waals surface area contributed by atoms with Gasteiger partial charge in [-0.2, -0.15) is 4.99 Å². The number of carbonyl (C=O) groups is 2. The van der Waals surface area contributed by atoms with Crippen molar-refractivity contribution in [2.45, 2.75) is 47.6 Å². The molecule has 0 atom stereocenters. The molecular weight excluding hydrogens is 484 g/mol. The minimum Gasteiger partial charge on any atom is -0.462 e. The lowest BCUT2D eigenvalue weighted by atomic mass is 10.1. The van der Waals surface area contributed by atoms with Crippen molar-refractivity contribution in [2.24, 2.45) is 4.99 Å². The van der Waals surface area contributed by atoms with E-state index in [9.17, 15) is 14.4 Å². The molecule has 1 aromatic carbocycles. The summed E-state index contributed by atoms with van der Waals surface area (Å²) >= 11 is 0. The maximum atomic E-state index is 13.6. The summed E-state index contributed by atoms with van der Waals surface area (Å²) in [7, 11) is 0. The van der Waals surface area contributed by atoms with Gasteiger partial charge in [0.05, 0.1) is 12.0 Å². The third-order valence-electron chi connectivity index (χ3n) is 6.15. The standard InChI is InChI=1S/C29H32N4O5/c1-6-37-13-9-12-32-25-22(28(35)33-11-8-10-20(5)24(33)30-25)17-23(29(36)38-7-2)26(32)31-27(34)21-15-18(3)14-19(4)16-21/h8,10-11,14-17H,6-7,9,12-13H2,1-5H3. The van der Waals surface area contributed by atoms with Crippen LogP contribution in [0, 0.1) is 20.8 Å². The van der Waals surface area contributed by atoms with E-state index < -0.39 is 11.9 Å². The highest BCUT2D eigenvalue weighted by Crippen LogP contribution is 2.15. The van der Waals surface area contributed by atoms with E-state index in [1.165, 1.54) is 10.5 Å². The van der Waals surface area contributed by atoms with E-state index in [0.29, 0.717) is 43.0 Å². The van der Waals surface area contributed by atoms with Crippen molar-refractivity contribution in [3.8, 4) is 0 Å². The number of rotatable bonds is 8. The minimum absolute atomic E-state index is 0.0278. The van der Waals surface area contributed by atoms with Gasteiger partial charge in [0.2, 0.25) is 0 Å². The number of fused-ring (bicyclic) bond motifs is 2. The lowest BCUT2D eigenvalue weighted by molar-refractivity contribution is 0.0523. The molecule has 0 saturated heterocycles. The van der Waals surface area contributed by atoms with Crippen LogP contribution >= 0.6 is 0 Å². The minimum atomic E-state index is -0.673. The van der Waals surface area contributed by atoms with Gasteiger partial charge in [0.15, 0.2) is 5.49 Å². The van der Waals surface area contributed by atoms with Crippen LogP contribution in [0.15, 0.2) is 52.4 Å². The first kappa shape index (κ1) is 26.9. The van der Waals surface area contributed by atoms with Gasteiger partial charge < -0.3 is 14.0 Å². The highest BCUT2D eigenvalue weighted by atomic mass is 16.5. The van der Waals surface area contributed by atoms with Gasteiger partial charge in [0, 0.05) is 31.5 Å². The molecule has 3 aromatic heterocycles. The van der Waals surface area contributed by atoms with Crippen LogP contribution in [-0.4, -0.2) is 45.6 Å². The number of ether oxygens (including phenoxy) is 2. The number of esters is 1. The Morgan fingerprint density at radius 1 is 1.00 bits per heavy atom. The van der Waals surface area contributed by atoms with E-state index in [1.54, 1.807) is 35.9 Å². The van der Waals surface area contributed by atoms with Gasteiger partial charge in [-0.3, -0.25) is 14.0 Å². The van der Waals surface area contributed by atoms with Gasteiger partial charge in [-0.1, -0.05) is 23.3 Å². The van der Waals surface area contributed by atoms with Gasteiger partial charge in [-0.05, 0) is 70.9 Å². The topological polar surface area (TPSA) is 104 Å². The van der Waals surface area contributed by atoms with Crippen molar-refractivity contribution in [2.75, 3.05) is 19.8 Å². The van der Waals surface area contributed by atoms with Crippen molar-refractivity contribution >= 4 is 28.6 Å². The van der Waals surface area contributed by atoms with E-state index in [4.69, 9.17) is 14.5 Å². The second-order valence-corrected chi connectivity index (χ2v) is 9.14. The third kappa shape index (κ3) is 5.43. The summed E-state index contributed by atoms with van der Waals surface area (Å²) in [6, 6.07) is 10.6. The molecule has 198 valence electrons. The van der Waals surface area contributed by atoms with Crippen molar-refractivity contribution in [3.05, 3.63) is 86.3 Å². The van der Waals surface area contributed by atoms with E-state index in [-0.39, 0.29) is 28.6 Å². The number of benzene rings is 1. The van der Waals surface area contributed by atoms with Gasteiger partial charge in [-0.15, -0.1) is 0 Å². The normalized spacial score (nSPS) is 11.9. The third-order valence-corrected chi connectivity index (χ3v) is 6.15. The van der Waals surface area contributed by atoms with Crippen LogP contribution < -0.4 is 11.0 Å². The van der Waals surface area contributed by atoms with Crippen molar-refractivity contribution in [3.63, 3.8) is 0 Å². The molecule has 1 amide bonds. The number of carbonyl (C=O) groups excluding carboxylic acids is 2. The van der Waals surface area contributed by atoms with Crippen LogP contribution in [0.3, 0.4) is 0 Å². The molecule has 0 aliphatic rings. The summed E-state index contributed by atoms with van der Waals surface area (Å²) in [5.41, 5.74) is 3.68. The molecule has 0 N–H and O–H groups in total. The molecule has 0 bridgehead atoms. The fourth-order valence-electron chi connectivity index (χ4n) is 4.51. The summed E-state index contributed by atoms with van der Waals surface area (Å²) in [6.07, 6.45) is 2.19. The Morgan fingerprint density at radius 2 is 1.74 bits per heavy atom. The molecule has 0 aliphatic heterocycles. The average Bonchev–Trinajstić information content (AvgIpc) is 2.87. The first-order chi connectivity index (χ1) is 18.2. The number of amides is 1. The second-order valence-electron chi connectivity index (χ2n) is 9.14. The molecule has 0 radical (unpaired) electrons. The number of nitrogens with zero attached hydrogens (tertiary/aromatic N) is 4. The summed E-state index contributed by atoms with van der Waals surface area (Å²) in [5.74, 6) is -1.18. The van der Waals surface area contributed by atoms with Gasteiger partial charge in [-0.25, -0.2) is 9.78 Å². The molecule has 0 aliphatic carbocycles. The number of hydrogen-bond acceptors (Lipinski definition) is 6. The van der Waals surface area contributed by atoms with Gasteiger partial charge >= 0.3 is 5.97 Å². The largest absolute Gasteiger partial charge is 0.462 e. The second kappa shape index (κ2) is 11.5. The molecule has 3 heterocycles. The Kier molecular flexibility index (Phi) is 8.16. The fraction of sp³-hybridized carbons (Fsp3) is 0.345. The molecule has 0 spiro atoms. The quantitative estimate of drug-likeness (QED) is 0.200. The molecule has 38 heavy (non-hydrogen) atoms. The molecule has 0 unspecified atom stereocenters. The van der Waals surface area contributed by atoms with Crippen LogP contribution in [-0.2, 0) is 16.0 Å². The smallest absolute Gasteiger partial charge is 0.341 e. The van der Waals surface area contributed by atoms with Gasteiger partial charge in [0.25, 0.3) is 11.5 Å². The summed E-state index contributed by atoms with van der Waals surface area (Å²) in [6.45, 7) is 10.7. The molecule has 9 heteroatoms. The lowest BCUT2D eigenvalue weighted by Gasteiger charge is -2.15. The molecule has 0 fully saturated rings. The predicted octanol–water partition coefficient (Wildman–Crippen LogP) is 3.92. The zero-order valence-corrected chi connectivity index (χ0v) is 22.4. The van der Waals surface area contributed by atoms with Crippen molar-refractivity contribution in [1.82, 2.24) is 14.0 Å². The Bertz CT molecular complexity index is 1650. The average molecular weight is 517 g/mol. The fourth-order valence-corrected chi connectivity index (χ4v) is 4.51. The maximum absolute atomic E-state index is 13.6. The van der Waals surface area contributed by atoms with Crippen LogP contribution in [0.4, 0.5) is 0 Å². The predicted molar refractivity (Wildman–Crippen MR) is 145 cm³/mol. The van der Waals surface area contributed by atoms with Crippen LogP contribution in [0.25, 0.3) is 16.7 Å². The molecule has 4 rings (SSSR count). The maximum Gasteiger partial charge on any atom is 0.341 e. The lowest BCUT2D eigenvalue weighted by Crippen LogP contribution is -2.33. The summed E-state index contributed by atoms with van der Waals surface area (Å²) in [4.78, 5) is 49.3. The Hall–Kier alpha value is -4.11. The van der Waals surface area contributed by atoms with Crippen molar-refractivity contribution < 1.29 is 19.1 Å². The van der Waals surface area contributed by atoms with Crippen LogP contribution in [0.2, 0.25) is 0 Å². The zero-order chi connectivity index (χ0) is 27.4. The SMILES string of the molecule is CCOCCCn1c(=NC(=O)c2cc(C)cc(C)c2)c(C(=O)OCC)cc2c(=O)n3cccc(C)c3nc21.